The summed E-state index contributed by atoms with van der Waals surface area (Å²) in [5, 5.41) is 8.95. The third kappa shape index (κ3) is 3.08. The second-order valence-corrected chi connectivity index (χ2v) is 9.09. The fourth-order valence-electron chi connectivity index (χ4n) is 2.33. The average Bonchev–Trinajstić information content (AvgIpc) is 2.82. The Morgan fingerprint density at radius 1 is 1.50 bits per heavy atom. The summed E-state index contributed by atoms with van der Waals surface area (Å²) in [4.78, 5) is 11.0. The Balaban J connectivity index is 2.25. The van der Waals surface area contributed by atoms with Crippen LogP contribution >= 0.6 is 27.3 Å². The van der Waals surface area contributed by atoms with E-state index in [4.69, 9.17) is 5.11 Å². The summed E-state index contributed by atoms with van der Waals surface area (Å²) in [6.07, 6.45) is 2.80. The van der Waals surface area contributed by atoms with Gasteiger partial charge in [0.1, 0.15) is 9.77 Å². The third-order valence-electron chi connectivity index (χ3n) is 3.63. The van der Waals surface area contributed by atoms with Crippen LogP contribution in [0.5, 0.6) is 0 Å². The number of rotatable bonds is 4. The van der Waals surface area contributed by atoms with Crippen molar-refractivity contribution in [2.75, 3.05) is 13.1 Å². The summed E-state index contributed by atoms with van der Waals surface area (Å²) in [5.74, 6) is -0.524. The maximum Gasteiger partial charge on any atom is 0.345 e. The van der Waals surface area contributed by atoms with Gasteiger partial charge in [-0.05, 0) is 40.8 Å². The zero-order valence-electron chi connectivity index (χ0n) is 11.0. The Hall–Kier alpha value is -0.440. The van der Waals surface area contributed by atoms with Crippen molar-refractivity contribution in [1.29, 1.82) is 0 Å². The minimum absolute atomic E-state index is 0.0268. The summed E-state index contributed by atoms with van der Waals surface area (Å²) in [6.45, 7) is 3.13. The topological polar surface area (TPSA) is 74.7 Å². The Kier molecular flexibility index (Phi) is 4.88. The predicted molar refractivity (Wildman–Crippen MR) is 80.8 cm³/mol. The molecule has 1 aromatic rings. The zero-order valence-corrected chi connectivity index (χ0v) is 14.2. The van der Waals surface area contributed by atoms with Gasteiger partial charge in [0, 0.05) is 13.1 Å². The van der Waals surface area contributed by atoms with Crippen LogP contribution in [0.2, 0.25) is 0 Å². The van der Waals surface area contributed by atoms with E-state index in [-0.39, 0.29) is 9.77 Å². The quantitative estimate of drug-likeness (QED) is 0.869. The summed E-state index contributed by atoms with van der Waals surface area (Å²) in [7, 11) is -3.60. The number of carbonyl (C=O) groups is 1. The number of nitrogens with zero attached hydrogens (tertiary/aromatic N) is 1. The van der Waals surface area contributed by atoms with Gasteiger partial charge in [0.2, 0.25) is 10.0 Å². The number of aromatic carboxylic acids is 1. The van der Waals surface area contributed by atoms with Crippen LogP contribution in [0.15, 0.2) is 14.7 Å². The van der Waals surface area contributed by atoms with E-state index in [1.807, 2.05) is 0 Å². The second kappa shape index (κ2) is 6.13. The molecule has 0 atom stereocenters. The molecule has 112 valence electrons. The molecule has 0 aromatic carbocycles. The van der Waals surface area contributed by atoms with Crippen LogP contribution < -0.4 is 0 Å². The minimum Gasteiger partial charge on any atom is -0.477 e. The monoisotopic (exact) mass is 381 g/mol. The van der Waals surface area contributed by atoms with Gasteiger partial charge in [-0.15, -0.1) is 11.3 Å². The SMILES string of the molecule is CCC1CCN(S(=O)(=O)c2cc(C(=O)O)sc2Br)CC1. The molecule has 5 nitrogen and oxygen atoms in total. The molecule has 2 rings (SSSR count). The van der Waals surface area contributed by atoms with Gasteiger partial charge in [-0.25, -0.2) is 13.2 Å². The lowest BCUT2D eigenvalue weighted by atomic mass is 9.96. The largest absolute Gasteiger partial charge is 0.477 e. The molecular formula is C12H16BrNO4S2. The first kappa shape index (κ1) is 15.9. The van der Waals surface area contributed by atoms with Crippen LogP contribution in [0.3, 0.4) is 0 Å². The molecule has 1 saturated heterocycles. The number of hydrogen-bond donors (Lipinski definition) is 1. The van der Waals surface area contributed by atoms with Crippen molar-refractivity contribution in [2.24, 2.45) is 5.92 Å². The van der Waals surface area contributed by atoms with E-state index in [0.29, 0.717) is 22.8 Å². The van der Waals surface area contributed by atoms with Crippen molar-refractivity contribution in [3.05, 3.63) is 14.7 Å². The van der Waals surface area contributed by atoms with E-state index >= 15 is 0 Å². The molecule has 0 saturated carbocycles. The molecular weight excluding hydrogens is 366 g/mol. The molecule has 1 fully saturated rings. The van der Waals surface area contributed by atoms with Crippen LogP contribution in [0.25, 0.3) is 0 Å². The van der Waals surface area contributed by atoms with Crippen molar-refractivity contribution >= 4 is 43.3 Å². The Morgan fingerprint density at radius 2 is 2.10 bits per heavy atom. The van der Waals surface area contributed by atoms with Crippen LogP contribution in [0.4, 0.5) is 0 Å². The highest BCUT2D eigenvalue weighted by molar-refractivity contribution is 9.11. The summed E-state index contributed by atoms with van der Waals surface area (Å²) >= 11 is 4.09. The van der Waals surface area contributed by atoms with Crippen molar-refractivity contribution in [3.63, 3.8) is 0 Å². The summed E-state index contributed by atoms with van der Waals surface area (Å²) < 4.78 is 26.9. The van der Waals surface area contributed by atoms with E-state index in [2.05, 4.69) is 22.9 Å². The smallest absolute Gasteiger partial charge is 0.345 e. The van der Waals surface area contributed by atoms with E-state index in [0.717, 1.165) is 30.6 Å². The van der Waals surface area contributed by atoms with Crippen molar-refractivity contribution < 1.29 is 18.3 Å². The van der Waals surface area contributed by atoms with E-state index in [1.165, 1.54) is 10.4 Å². The van der Waals surface area contributed by atoms with E-state index in [9.17, 15) is 13.2 Å². The summed E-state index contributed by atoms with van der Waals surface area (Å²) in [5.41, 5.74) is 0. The number of piperidine rings is 1. The molecule has 8 heteroatoms. The predicted octanol–water partition coefficient (Wildman–Crippen LogP) is 3.02. The number of hydrogen-bond acceptors (Lipinski definition) is 4. The van der Waals surface area contributed by atoms with Gasteiger partial charge in [-0.1, -0.05) is 13.3 Å². The standard InChI is InChI=1S/C12H16BrNO4S2/c1-2-8-3-5-14(6-4-8)20(17,18)10-7-9(12(15)16)19-11(10)13/h7-8H,2-6H2,1H3,(H,15,16). The first-order valence-electron chi connectivity index (χ1n) is 6.39. The molecule has 1 aliphatic heterocycles. The molecule has 0 unspecified atom stereocenters. The van der Waals surface area contributed by atoms with E-state index in [1.54, 1.807) is 0 Å². The van der Waals surface area contributed by atoms with Crippen LogP contribution in [0.1, 0.15) is 35.9 Å². The average molecular weight is 382 g/mol. The molecule has 0 aliphatic carbocycles. The molecule has 1 aromatic heterocycles. The van der Waals surface area contributed by atoms with Gasteiger partial charge < -0.3 is 5.11 Å². The van der Waals surface area contributed by atoms with Crippen LogP contribution in [-0.2, 0) is 10.0 Å². The van der Waals surface area contributed by atoms with Crippen LogP contribution in [0, 0.1) is 5.92 Å². The van der Waals surface area contributed by atoms with Crippen molar-refractivity contribution in [3.8, 4) is 0 Å². The molecule has 0 bridgehead atoms. The molecule has 0 radical (unpaired) electrons. The van der Waals surface area contributed by atoms with Crippen LogP contribution in [-0.4, -0.2) is 36.9 Å². The number of carboxylic acid groups (broad SMARTS) is 1. The van der Waals surface area contributed by atoms with Gasteiger partial charge >= 0.3 is 5.97 Å². The number of sulfonamides is 1. The Labute approximate surface area is 130 Å². The van der Waals surface area contributed by atoms with Gasteiger partial charge in [-0.2, -0.15) is 4.31 Å². The number of carboxylic acids is 1. The fourth-order valence-corrected chi connectivity index (χ4v) is 6.15. The first-order valence-corrected chi connectivity index (χ1v) is 9.44. The molecule has 0 amide bonds. The second-order valence-electron chi connectivity index (χ2n) is 4.81. The fraction of sp³-hybridized carbons (Fsp3) is 0.583. The maximum atomic E-state index is 12.5. The molecule has 20 heavy (non-hydrogen) atoms. The highest BCUT2D eigenvalue weighted by Gasteiger charge is 2.32. The van der Waals surface area contributed by atoms with E-state index < -0.39 is 16.0 Å². The molecule has 1 N–H and O–H groups in total. The highest BCUT2D eigenvalue weighted by Crippen LogP contribution is 2.35. The van der Waals surface area contributed by atoms with Crippen molar-refractivity contribution in [2.45, 2.75) is 31.1 Å². The highest BCUT2D eigenvalue weighted by atomic mass is 79.9. The van der Waals surface area contributed by atoms with Gasteiger partial charge in [0.25, 0.3) is 0 Å². The Bertz CT molecular complexity index is 603. The molecule has 1 aliphatic rings. The lowest BCUT2D eigenvalue weighted by Crippen LogP contribution is -2.38. The maximum absolute atomic E-state index is 12.5. The minimum atomic E-state index is -3.60. The first-order chi connectivity index (χ1) is 9.36. The van der Waals surface area contributed by atoms with Crippen molar-refractivity contribution in [1.82, 2.24) is 4.31 Å². The lowest BCUT2D eigenvalue weighted by molar-refractivity contribution is 0.0702. The van der Waals surface area contributed by atoms with Gasteiger partial charge in [0.05, 0.1) is 3.79 Å². The molecule has 0 spiro atoms. The number of halogens is 1. The Morgan fingerprint density at radius 3 is 2.55 bits per heavy atom. The molecule has 2 heterocycles. The normalized spacial score (nSPS) is 18.3. The zero-order chi connectivity index (χ0) is 14.9. The van der Waals surface area contributed by atoms with Gasteiger partial charge in [0.15, 0.2) is 0 Å². The number of thiophene rings is 1. The lowest BCUT2D eigenvalue weighted by Gasteiger charge is -2.30. The third-order valence-corrected chi connectivity index (χ3v) is 7.77. The summed E-state index contributed by atoms with van der Waals surface area (Å²) in [6, 6.07) is 1.23. The van der Waals surface area contributed by atoms with Gasteiger partial charge in [-0.3, -0.25) is 0 Å².